The number of anilines is 1. The Morgan fingerprint density at radius 2 is 2.04 bits per heavy atom. The SMILES string of the molecule is O=C(Nc1nc(-c2ccco2)c(C(=O)C2CCOCC2)s1)c1cccnc1. The summed E-state index contributed by atoms with van der Waals surface area (Å²) in [5.41, 5.74) is 0.882. The van der Waals surface area contributed by atoms with Gasteiger partial charge in [0.2, 0.25) is 0 Å². The average Bonchev–Trinajstić information content (AvgIpc) is 3.38. The molecule has 3 aromatic heterocycles. The zero-order chi connectivity index (χ0) is 18.6. The fraction of sp³-hybridized carbons (Fsp3) is 0.263. The van der Waals surface area contributed by atoms with Gasteiger partial charge < -0.3 is 9.15 Å². The number of ketones is 1. The molecule has 138 valence electrons. The first-order valence-corrected chi connectivity index (χ1v) is 9.42. The summed E-state index contributed by atoms with van der Waals surface area (Å²) in [6.45, 7) is 1.16. The number of pyridine rings is 1. The predicted octanol–water partition coefficient (Wildman–Crippen LogP) is 3.66. The van der Waals surface area contributed by atoms with E-state index in [1.807, 2.05) is 0 Å². The molecule has 0 atom stereocenters. The third kappa shape index (κ3) is 3.81. The molecule has 1 aliphatic rings. The summed E-state index contributed by atoms with van der Waals surface area (Å²) in [5.74, 6) is 0.0929. The molecule has 3 aromatic rings. The third-order valence-corrected chi connectivity index (χ3v) is 5.33. The van der Waals surface area contributed by atoms with Crippen LogP contribution in [-0.2, 0) is 4.74 Å². The first-order chi connectivity index (χ1) is 13.2. The Labute approximate surface area is 159 Å². The molecule has 1 saturated heterocycles. The van der Waals surface area contributed by atoms with Gasteiger partial charge in [-0.1, -0.05) is 11.3 Å². The lowest BCUT2D eigenvalue weighted by Gasteiger charge is -2.20. The lowest BCUT2D eigenvalue weighted by molar-refractivity contribution is 0.0547. The van der Waals surface area contributed by atoms with Gasteiger partial charge in [0.1, 0.15) is 10.6 Å². The number of amides is 1. The van der Waals surface area contributed by atoms with E-state index in [0.717, 1.165) is 0 Å². The van der Waals surface area contributed by atoms with E-state index in [1.165, 1.54) is 23.8 Å². The van der Waals surface area contributed by atoms with E-state index in [0.29, 0.717) is 53.1 Å². The molecule has 0 bridgehead atoms. The van der Waals surface area contributed by atoms with E-state index in [4.69, 9.17) is 9.15 Å². The lowest BCUT2D eigenvalue weighted by atomic mass is 9.94. The van der Waals surface area contributed by atoms with Gasteiger partial charge in [-0.2, -0.15) is 0 Å². The number of nitrogens with zero attached hydrogens (tertiary/aromatic N) is 2. The number of hydrogen-bond acceptors (Lipinski definition) is 7. The van der Waals surface area contributed by atoms with E-state index >= 15 is 0 Å². The number of thiazole rings is 1. The van der Waals surface area contributed by atoms with Gasteiger partial charge in [0.05, 0.1) is 11.8 Å². The molecule has 8 heteroatoms. The van der Waals surface area contributed by atoms with Gasteiger partial charge in [0.25, 0.3) is 5.91 Å². The molecule has 0 unspecified atom stereocenters. The molecule has 4 rings (SSSR count). The highest BCUT2D eigenvalue weighted by atomic mass is 32.1. The summed E-state index contributed by atoms with van der Waals surface area (Å²) in [5, 5.41) is 3.10. The van der Waals surface area contributed by atoms with Crippen LogP contribution in [0, 0.1) is 5.92 Å². The Hall–Kier alpha value is -2.84. The van der Waals surface area contributed by atoms with Crippen molar-refractivity contribution in [2.24, 2.45) is 5.92 Å². The zero-order valence-corrected chi connectivity index (χ0v) is 15.2. The van der Waals surface area contributed by atoms with Crippen LogP contribution in [-0.4, -0.2) is 34.9 Å². The Kier molecular flexibility index (Phi) is 5.08. The lowest BCUT2D eigenvalue weighted by Crippen LogP contribution is -2.23. The summed E-state index contributed by atoms with van der Waals surface area (Å²) in [4.78, 5) is 34.3. The molecule has 7 nitrogen and oxygen atoms in total. The molecule has 0 radical (unpaired) electrons. The van der Waals surface area contributed by atoms with E-state index in [2.05, 4.69) is 15.3 Å². The van der Waals surface area contributed by atoms with Gasteiger partial charge in [-0.3, -0.25) is 19.9 Å². The van der Waals surface area contributed by atoms with Crippen molar-refractivity contribution < 1.29 is 18.7 Å². The fourth-order valence-corrected chi connectivity index (χ4v) is 3.92. The summed E-state index contributed by atoms with van der Waals surface area (Å²) >= 11 is 1.17. The van der Waals surface area contributed by atoms with Gasteiger partial charge >= 0.3 is 0 Å². The molecular formula is C19H17N3O4S. The largest absolute Gasteiger partial charge is 0.463 e. The van der Waals surface area contributed by atoms with Gasteiger partial charge in [0, 0.05) is 31.5 Å². The summed E-state index contributed by atoms with van der Waals surface area (Å²) < 4.78 is 10.8. The Balaban J connectivity index is 1.63. The maximum absolute atomic E-state index is 13.0. The topological polar surface area (TPSA) is 94.3 Å². The molecule has 27 heavy (non-hydrogen) atoms. The number of furan rings is 1. The highest BCUT2D eigenvalue weighted by Crippen LogP contribution is 2.35. The van der Waals surface area contributed by atoms with Crippen molar-refractivity contribution >= 4 is 28.2 Å². The summed E-state index contributed by atoms with van der Waals surface area (Å²) in [6.07, 6.45) is 5.98. The first-order valence-electron chi connectivity index (χ1n) is 8.60. The molecule has 1 fully saturated rings. The van der Waals surface area contributed by atoms with E-state index in [-0.39, 0.29) is 17.6 Å². The van der Waals surface area contributed by atoms with Gasteiger partial charge in [-0.15, -0.1) is 0 Å². The number of carbonyl (C=O) groups is 2. The van der Waals surface area contributed by atoms with Crippen molar-refractivity contribution in [3.63, 3.8) is 0 Å². The third-order valence-electron chi connectivity index (χ3n) is 4.34. The second kappa shape index (κ2) is 7.81. The van der Waals surface area contributed by atoms with Crippen LogP contribution in [0.2, 0.25) is 0 Å². The quantitative estimate of drug-likeness (QED) is 0.676. The van der Waals surface area contributed by atoms with Crippen molar-refractivity contribution in [3.8, 4) is 11.5 Å². The van der Waals surface area contributed by atoms with Crippen LogP contribution in [0.1, 0.15) is 32.9 Å². The van der Waals surface area contributed by atoms with E-state index < -0.39 is 0 Å². The second-order valence-corrected chi connectivity index (χ2v) is 7.12. The maximum Gasteiger partial charge on any atom is 0.259 e. The van der Waals surface area contributed by atoms with Crippen molar-refractivity contribution in [3.05, 3.63) is 53.4 Å². The van der Waals surface area contributed by atoms with Crippen LogP contribution in [0.5, 0.6) is 0 Å². The Bertz CT molecular complexity index is 931. The Morgan fingerprint density at radius 1 is 1.19 bits per heavy atom. The van der Waals surface area contributed by atoms with Crippen LogP contribution in [0.3, 0.4) is 0 Å². The zero-order valence-electron chi connectivity index (χ0n) is 14.4. The van der Waals surface area contributed by atoms with Crippen LogP contribution >= 0.6 is 11.3 Å². The molecule has 0 aromatic carbocycles. The van der Waals surface area contributed by atoms with Gasteiger partial charge in [0.15, 0.2) is 16.7 Å². The molecule has 0 saturated carbocycles. The molecular weight excluding hydrogens is 366 g/mol. The minimum Gasteiger partial charge on any atom is -0.463 e. The summed E-state index contributed by atoms with van der Waals surface area (Å²) in [7, 11) is 0. The monoisotopic (exact) mass is 383 g/mol. The van der Waals surface area contributed by atoms with Crippen molar-refractivity contribution in [2.45, 2.75) is 12.8 Å². The molecule has 0 aliphatic carbocycles. The van der Waals surface area contributed by atoms with Crippen molar-refractivity contribution in [1.29, 1.82) is 0 Å². The number of carbonyl (C=O) groups excluding carboxylic acids is 2. The van der Waals surface area contributed by atoms with Gasteiger partial charge in [-0.05, 0) is 37.1 Å². The fourth-order valence-electron chi connectivity index (χ4n) is 2.93. The van der Waals surface area contributed by atoms with Crippen LogP contribution in [0.15, 0.2) is 47.3 Å². The van der Waals surface area contributed by atoms with Crippen molar-refractivity contribution in [2.75, 3.05) is 18.5 Å². The van der Waals surface area contributed by atoms with Crippen LogP contribution in [0.4, 0.5) is 5.13 Å². The highest BCUT2D eigenvalue weighted by Gasteiger charge is 2.29. The minimum atomic E-state index is -0.326. The number of nitrogens with one attached hydrogen (secondary N) is 1. The minimum absolute atomic E-state index is 0.0177. The average molecular weight is 383 g/mol. The molecule has 1 aliphatic heterocycles. The first kappa shape index (κ1) is 17.6. The molecule has 1 N–H and O–H groups in total. The Morgan fingerprint density at radius 3 is 2.74 bits per heavy atom. The normalized spacial score (nSPS) is 14.8. The molecule has 0 spiro atoms. The second-order valence-electron chi connectivity index (χ2n) is 6.12. The number of aromatic nitrogens is 2. The van der Waals surface area contributed by atoms with Crippen LogP contribution in [0.25, 0.3) is 11.5 Å². The van der Waals surface area contributed by atoms with Crippen LogP contribution < -0.4 is 5.32 Å². The number of Topliss-reactive ketones (excluding diaryl/α,β-unsaturated/α-hetero) is 1. The highest BCUT2D eigenvalue weighted by molar-refractivity contribution is 7.18. The van der Waals surface area contributed by atoms with Gasteiger partial charge in [-0.25, -0.2) is 4.98 Å². The molecule has 1 amide bonds. The molecule has 4 heterocycles. The predicted molar refractivity (Wildman–Crippen MR) is 99.9 cm³/mol. The van der Waals surface area contributed by atoms with E-state index in [1.54, 1.807) is 30.5 Å². The summed E-state index contributed by atoms with van der Waals surface area (Å²) in [6, 6.07) is 6.84. The van der Waals surface area contributed by atoms with E-state index in [9.17, 15) is 9.59 Å². The number of hydrogen-bond donors (Lipinski definition) is 1. The standard InChI is InChI=1S/C19H17N3O4S/c23-16(12-5-9-25-10-6-12)17-15(14-4-2-8-26-14)21-19(27-17)22-18(24)13-3-1-7-20-11-13/h1-4,7-8,11-12H,5-6,9-10H2,(H,21,22,24). The number of rotatable bonds is 5. The number of ether oxygens (including phenoxy) is 1. The maximum atomic E-state index is 13.0. The van der Waals surface area contributed by atoms with Crippen molar-refractivity contribution in [1.82, 2.24) is 9.97 Å². The smallest absolute Gasteiger partial charge is 0.259 e.